The molecular weight excluding hydrogens is 356 g/mol. The number of carboxylic acid groups (broad SMARTS) is 1. The number of sulfonamides is 1. The first kappa shape index (κ1) is 19.2. The molecule has 2 aromatic rings. The van der Waals surface area contributed by atoms with Gasteiger partial charge in [0.25, 0.3) is 10.0 Å². The molecule has 0 saturated heterocycles. The average Bonchev–Trinajstić information content (AvgIpc) is 2.56. The van der Waals surface area contributed by atoms with Crippen molar-refractivity contribution in [3.8, 4) is 0 Å². The highest BCUT2D eigenvalue weighted by atomic mass is 32.2. The number of amides is 1. The quantitative estimate of drug-likeness (QED) is 0.673. The smallest absolute Gasteiger partial charge is 0.328 e. The van der Waals surface area contributed by atoms with Crippen LogP contribution in [0.5, 0.6) is 0 Å². The number of aliphatic carboxylic acids is 1. The van der Waals surface area contributed by atoms with Gasteiger partial charge in [0.1, 0.15) is 0 Å². The summed E-state index contributed by atoms with van der Waals surface area (Å²) < 4.78 is 27.4. The topological polar surface area (TPSA) is 113 Å². The molecule has 7 nitrogen and oxygen atoms in total. The molecular formula is C18H18N2O5S. The van der Waals surface area contributed by atoms with Crippen molar-refractivity contribution in [3.63, 3.8) is 0 Å². The first-order valence-electron chi connectivity index (χ1n) is 7.59. The van der Waals surface area contributed by atoms with Crippen LogP contribution < -0.4 is 10.0 Å². The van der Waals surface area contributed by atoms with E-state index in [1.165, 1.54) is 24.3 Å². The fourth-order valence-corrected chi connectivity index (χ4v) is 3.12. The molecule has 2 aromatic carbocycles. The minimum Gasteiger partial charge on any atom is -0.478 e. The van der Waals surface area contributed by atoms with Gasteiger partial charge in [-0.3, -0.25) is 9.52 Å². The minimum atomic E-state index is -3.76. The van der Waals surface area contributed by atoms with Gasteiger partial charge >= 0.3 is 5.97 Å². The summed E-state index contributed by atoms with van der Waals surface area (Å²) in [6, 6.07) is 10.8. The molecule has 3 N–H and O–H groups in total. The average molecular weight is 374 g/mol. The Hall–Kier alpha value is -3.13. The molecule has 0 saturated carbocycles. The predicted molar refractivity (Wildman–Crippen MR) is 98.6 cm³/mol. The number of carboxylic acids is 1. The fourth-order valence-electron chi connectivity index (χ4n) is 2.07. The predicted octanol–water partition coefficient (Wildman–Crippen LogP) is 2.68. The summed E-state index contributed by atoms with van der Waals surface area (Å²) in [5.74, 6) is -1.87. The Morgan fingerprint density at radius 1 is 0.923 bits per heavy atom. The number of nitrogens with one attached hydrogen (secondary N) is 2. The Morgan fingerprint density at radius 3 is 2.12 bits per heavy atom. The van der Waals surface area contributed by atoms with Crippen LogP contribution in [0.25, 0.3) is 0 Å². The van der Waals surface area contributed by atoms with Crippen LogP contribution in [0.15, 0.2) is 59.5 Å². The Bertz CT molecular complexity index is 964. The van der Waals surface area contributed by atoms with Gasteiger partial charge in [0.2, 0.25) is 5.91 Å². The van der Waals surface area contributed by atoms with E-state index in [1.807, 2.05) is 19.9 Å². The highest BCUT2D eigenvalue weighted by Crippen LogP contribution is 2.20. The lowest BCUT2D eigenvalue weighted by Gasteiger charge is -2.10. The minimum absolute atomic E-state index is 0.0369. The second-order valence-corrected chi connectivity index (χ2v) is 7.27. The largest absolute Gasteiger partial charge is 0.478 e. The van der Waals surface area contributed by atoms with Crippen LogP contribution in [0.2, 0.25) is 0 Å². The lowest BCUT2D eigenvalue weighted by Crippen LogP contribution is -2.13. The summed E-state index contributed by atoms with van der Waals surface area (Å²) in [5.41, 5.74) is 2.84. The van der Waals surface area contributed by atoms with E-state index in [0.29, 0.717) is 17.5 Å². The van der Waals surface area contributed by atoms with Crippen molar-refractivity contribution in [2.45, 2.75) is 18.7 Å². The van der Waals surface area contributed by atoms with Gasteiger partial charge in [0, 0.05) is 23.5 Å². The third kappa shape index (κ3) is 5.18. The normalized spacial score (nSPS) is 11.3. The molecule has 0 aromatic heterocycles. The lowest BCUT2D eigenvalue weighted by atomic mass is 10.1. The molecule has 0 atom stereocenters. The summed E-state index contributed by atoms with van der Waals surface area (Å²) in [7, 11) is -3.76. The number of hydrogen-bond donors (Lipinski definition) is 3. The number of aryl methyl sites for hydroxylation is 2. The molecule has 0 aliphatic rings. The van der Waals surface area contributed by atoms with E-state index in [2.05, 4.69) is 10.0 Å². The van der Waals surface area contributed by atoms with E-state index in [-0.39, 0.29) is 4.90 Å². The van der Waals surface area contributed by atoms with Crippen molar-refractivity contribution in [3.05, 3.63) is 65.7 Å². The Morgan fingerprint density at radius 2 is 1.54 bits per heavy atom. The first-order chi connectivity index (χ1) is 12.2. The molecule has 1 amide bonds. The number of carbonyl (C=O) groups is 2. The standard InChI is InChI=1S/C18H18N2O5S/c1-12-3-4-15(11-13(12)2)20-26(24,25)16-7-5-14(6-8-16)19-17(21)9-10-18(22)23/h3-11,20H,1-2H3,(H,19,21)(H,22,23). The van der Waals surface area contributed by atoms with Crippen molar-refractivity contribution in [1.29, 1.82) is 0 Å². The van der Waals surface area contributed by atoms with Gasteiger partial charge < -0.3 is 10.4 Å². The maximum Gasteiger partial charge on any atom is 0.328 e. The molecule has 0 unspecified atom stereocenters. The second-order valence-electron chi connectivity index (χ2n) is 5.59. The van der Waals surface area contributed by atoms with E-state index >= 15 is 0 Å². The maximum atomic E-state index is 12.4. The SMILES string of the molecule is Cc1ccc(NS(=O)(=O)c2ccc(NC(=O)C=CC(=O)O)cc2)cc1C. The van der Waals surface area contributed by atoms with Crippen molar-refractivity contribution >= 4 is 33.3 Å². The summed E-state index contributed by atoms with van der Waals surface area (Å²) >= 11 is 0. The number of rotatable bonds is 6. The van der Waals surface area contributed by atoms with E-state index < -0.39 is 21.9 Å². The summed E-state index contributed by atoms with van der Waals surface area (Å²) in [4.78, 5) is 21.9. The highest BCUT2D eigenvalue weighted by molar-refractivity contribution is 7.92. The lowest BCUT2D eigenvalue weighted by molar-refractivity contribution is -0.131. The zero-order chi connectivity index (χ0) is 19.3. The molecule has 26 heavy (non-hydrogen) atoms. The van der Waals surface area contributed by atoms with Gasteiger partial charge in [0.05, 0.1) is 4.90 Å². The van der Waals surface area contributed by atoms with Gasteiger partial charge in [-0.05, 0) is 61.4 Å². The van der Waals surface area contributed by atoms with Gasteiger partial charge in [-0.2, -0.15) is 0 Å². The van der Waals surface area contributed by atoms with Crippen LogP contribution in [0.1, 0.15) is 11.1 Å². The molecule has 0 fully saturated rings. The molecule has 0 heterocycles. The van der Waals surface area contributed by atoms with Crippen molar-refractivity contribution in [2.75, 3.05) is 10.0 Å². The molecule has 136 valence electrons. The van der Waals surface area contributed by atoms with E-state index in [9.17, 15) is 18.0 Å². The number of benzene rings is 2. The van der Waals surface area contributed by atoms with Crippen LogP contribution in [-0.4, -0.2) is 25.4 Å². The van der Waals surface area contributed by atoms with Crippen molar-refractivity contribution < 1.29 is 23.1 Å². The van der Waals surface area contributed by atoms with Gasteiger partial charge in [-0.1, -0.05) is 6.07 Å². The molecule has 0 aliphatic carbocycles. The van der Waals surface area contributed by atoms with Gasteiger partial charge in [0.15, 0.2) is 0 Å². The van der Waals surface area contributed by atoms with Crippen molar-refractivity contribution in [2.24, 2.45) is 0 Å². The van der Waals surface area contributed by atoms with Crippen molar-refractivity contribution in [1.82, 2.24) is 0 Å². The zero-order valence-electron chi connectivity index (χ0n) is 14.2. The Labute approximate surface area is 151 Å². The monoisotopic (exact) mass is 374 g/mol. The summed E-state index contributed by atoms with van der Waals surface area (Å²) in [6.45, 7) is 3.83. The first-order valence-corrected chi connectivity index (χ1v) is 9.08. The van der Waals surface area contributed by atoms with E-state index in [4.69, 9.17) is 5.11 Å². The van der Waals surface area contributed by atoms with Crippen LogP contribution in [-0.2, 0) is 19.6 Å². The zero-order valence-corrected chi connectivity index (χ0v) is 15.0. The molecule has 2 rings (SSSR count). The number of anilines is 2. The third-order valence-electron chi connectivity index (χ3n) is 3.57. The highest BCUT2D eigenvalue weighted by Gasteiger charge is 2.14. The van der Waals surface area contributed by atoms with Crippen LogP contribution >= 0.6 is 0 Å². The van der Waals surface area contributed by atoms with Crippen LogP contribution in [0.4, 0.5) is 11.4 Å². The maximum absolute atomic E-state index is 12.4. The second kappa shape index (κ2) is 7.83. The van der Waals surface area contributed by atoms with Crippen LogP contribution in [0, 0.1) is 13.8 Å². The van der Waals surface area contributed by atoms with E-state index in [0.717, 1.165) is 17.2 Å². The molecule has 8 heteroatoms. The molecule has 0 spiro atoms. The summed E-state index contributed by atoms with van der Waals surface area (Å²) in [6.07, 6.45) is 1.58. The summed E-state index contributed by atoms with van der Waals surface area (Å²) in [5, 5.41) is 10.9. The van der Waals surface area contributed by atoms with Crippen LogP contribution in [0.3, 0.4) is 0 Å². The number of carbonyl (C=O) groups excluding carboxylic acids is 1. The number of hydrogen-bond acceptors (Lipinski definition) is 4. The molecule has 0 radical (unpaired) electrons. The van der Waals surface area contributed by atoms with Gasteiger partial charge in [-0.25, -0.2) is 13.2 Å². The van der Waals surface area contributed by atoms with Gasteiger partial charge in [-0.15, -0.1) is 0 Å². The molecule has 0 bridgehead atoms. The Kier molecular flexibility index (Phi) is 5.78. The fraction of sp³-hybridized carbons (Fsp3) is 0.111. The third-order valence-corrected chi connectivity index (χ3v) is 4.97. The Balaban J connectivity index is 2.12. The van der Waals surface area contributed by atoms with E-state index in [1.54, 1.807) is 12.1 Å². The molecule has 0 aliphatic heterocycles.